The molecule has 0 saturated heterocycles. The molecule has 2 rings (SSSR count). The van der Waals surface area contributed by atoms with Crippen molar-refractivity contribution < 1.29 is 9.53 Å². The van der Waals surface area contributed by atoms with E-state index in [1.807, 2.05) is 44.2 Å². The smallest absolute Gasteiger partial charge is 0.257 e. The highest BCUT2D eigenvalue weighted by Gasteiger charge is 2.03. The number of halogens is 2. The van der Waals surface area contributed by atoms with Gasteiger partial charge in [0.05, 0.1) is 6.54 Å². The van der Waals surface area contributed by atoms with E-state index >= 15 is 0 Å². The number of hydrogen-bond acceptors (Lipinski definition) is 4. The fraction of sp³-hybridized carbons (Fsp3) is 0.381. The Morgan fingerprint density at radius 3 is 2.60 bits per heavy atom. The summed E-state index contributed by atoms with van der Waals surface area (Å²) < 4.78 is 5.53. The van der Waals surface area contributed by atoms with Gasteiger partial charge in [-0.25, -0.2) is 9.98 Å². The molecule has 0 aliphatic rings. The van der Waals surface area contributed by atoms with Crippen molar-refractivity contribution in [3.8, 4) is 5.75 Å². The minimum absolute atomic E-state index is 0. The lowest BCUT2D eigenvalue weighted by molar-refractivity contribution is -0.122. The predicted molar refractivity (Wildman–Crippen MR) is 132 cm³/mol. The van der Waals surface area contributed by atoms with E-state index in [2.05, 4.69) is 25.9 Å². The maximum absolute atomic E-state index is 11.5. The molecule has 3 N–H and O–H groups in total. The van der Waals surface area contributed by atoms with E-state index < -0.39 is 0 Å². The highest BCUT2D eigenvalue weighted by molar-refractivity contribution is 14.0. The van der Waals surface area contributed by atoms with Crippen molar-refractivity contribution in [3.63, 3.8) is 0 Å². The van der Waals surface area contributed by atoms with Gasteiger partial charge in [-0.3, -0.25) is 4.79 Å². The number of carbonyl (C=O) groups is 1. The van der Waals surface area contributed by atoms with Crippen LogP contribution in [0.15, 0.2) is 47.6 Å². The predicted octanol–water partition coefficient (Wildman–Crippen LogP) is 3.17. The van der Waals surface area contributed by atoms with Gasteiger partial charge in [0.2, 0.25) is 0 Å². The van der Waals surface area contributed by atoms with Gasteiger partial charge >= 0.3 is 0 Å². The Hall–Kier alpha value is -2.07. The number of carbonyl (C=O) groups excluding carboxylic acids is 1. The van der Waals surface area contributed by atoms with Crippen LogP contribution in [0, 0.1) is 0 Å². The summed E-state index contributed by atoms with van der Waals surface area (Å²) in [6, 6.07) is 11.4. The van der Waals surface area contributed by atoms with Crippen LogP contribution in [0.2, 0.25) is 5.15 Å². The Kier molecular flexibility index (Phi) is 12.8. The van der Waals surface area contributed by atoms with Gasteiger partial charge in [-0.15, -0.1) is 24.0 Å². The third kappa shape index (κ3) is 10.1. The van der Waals surface area contributed by atoms with Crippen molar-refractivity contribution in [1.82, 2.24) is 20.9 Å². The van der Waals surface area contributed by atoms with Crippen LogP contribution >= 0.6 is 35.6 Å². The van der Waals surface area contributed by atoms with E-state index in [4.69, 9.17) is 16.3 Å². The molecule has 0 radical (unpaired) electrons. The van der Waals surface area contributed by atoms with Crippen molar-refractivity contribution in [3.05, 3.63) is 58.9 Å². The molecule has 0 saturated carbocycles. The van der Waals surface area contributed by atoms with Crippen molar-refractivity contribution >= 4 is 47.4 Å². The number of amides is 1. The molecule has 9 heteroatoms. The average molecular weight is 546 g/mol. The number of guanidine groups is 1. The topological polar surface area (TPSA) is 87.6 Å². The van der Waals surface area contributed by atoms with E-state index in [0.29, 0.717) is 24.0 Å². The first-order valence-corrected chi connectivity index (χ1v) is 10.1. The molecule has 0 atom stereocenters. The molecule has 1 amide bonds. The number of nitrogens with one attached hydrogen (secondary N) is 3. The largest absolute Gasteiger partial charge is 0.484 e. The lowest BCUT2D eigenvalue weighted by Crippen LogP contribution is -2.38. The maximum atomic E-state index is 11.5. The maximum Gasteiger partial charge on any atom is 0.257 e. The van der Waals surface area contributed by atoms with Gasteiger partial charge in [-0.1, -0.05) is 29.8 Å². The van der Waals surface area contributed by atoms with Crippen LogP contribution in [-0.2, 0) is 17.8 Å². The Balaban J connectivity index is 0.00000450. The van der Waals surface area contributed by atoms with E-state index in [9.17, 15) is 4.79 Å². The number of benzene rings is 1. The lowest BCUT2D eigenvalue weighted by atomic mass is 10.2. The lowest BCUT2D eigenvalue weighted by Gasteiger charge is -2.12. The Morgan fingerprint density at radius 2 is 1.90 bits per heavy atom. The van der Waals surface area contributed by atoms with Gasteiger partial charge in [-0.05, 0) is 49.6 Å². The van der Waals surface area contributed by atoms with E-state index in [-0.39, 0.29) is 36.5 Å². The fourth-order valence-electron chi connectivity index (χ4n) is 2.52. The SMILES string of the molecule is CCNC(=O)COc1cccc(CN=C(NCC)NCCc2ccc(Cl)nc2)c1.I. The molecule has 0 aliphatic heterocycles. The molecular weight excluding hydrogens is 517 g/mol. The molecule has 0 bridgehead atoms. The normalized spacial score (nSPS) is 10.7. The summed E-state index contributed by atoms with van der Waals surface area (Å²) in [6.45, 7) is 6.48. The molecule has 7 nitrogen and oxygen atoms in total. The highest BCUT2D eigenvalue weighted by atomic mass is 127. The summed E-state index contributed by atoms with van der Waals surface area (Å²) in [5.41, 5.74) is 2.10. The summed E-state index contributed by atoms with van der Waals surface area (Å²) in [5, 5.41) is 9.75. The summed E-state index contributed by atoms with van der Waals surface area (Å²) in [7, 11) is 0. The van der Waals surface area contributed by atoms with Gasteiger partial charge < -0.3 is 20.7 Å². The van der Waals surface area contributed by atoms with Crippen LogP contribution in [0.5, 0.6) is 5.75 Å². The Labute approximate surface area is 200 Å². The number of ether oxygens (including phenoxy) is 1. The van der Waals surface area contributed by atoms with Gasteiger partial charge in [0, 0.05) is 25.8 Å². The minimum atomic E-state index is -0.134. The van der Waals surface area contributed by atoms with Crippen molar-refractivity contribution in [1.29, 1.82) is 0 Å². The highest BCUT2D eigenvalue weighted by Crippen LogP contribution is 2.14. The first-order chi connectivity index (χ1) is 14.1. The number of aromatic nitrogens is 1. The van der Waals surface area contributed by atoms with Crippen LogP contribution in [-0.4, -0.2) is 43.1 Å². The van der Waals surface area contributed by atoms with E-state index in [1.165, 1.54) is 0 Å². The zero-order valence-electron chi connectivity index (χ0n) is 17.3. The van der Waals surface area contributed by atoms with Gasteiger partial charge in [0.15, 0.2) is 12.6 Å². The Morgan fingerprint density at radius 1 is 1.10 bits per heavy atom. The standard InChI is InChI=1S/C21H28ClN5O2.HI/c1-3-23-20(28)15-29-18-7-5-6-17(12-18)14-27-21(24-4-2)25-11-10-16-8-9-19(22)26-13-16;/h5-9,12-13H,3-4,10-11,14-15H2,1-2H3,(H,23,28)(H2,24,25,27);1H. The third-order valence-electron chi connectivity index (χ3n) is 3.90. The van der Waals surface area contributed by atoms with Crippen molar-refractivity contribution in [2.45, 2.75) is 26.8 Å². The molecule has 0 unspecified atom stereocenters. The molecule has 0 spiro atoms. The molecule has 2 aromatic rings. The van der Waals surface area contributed by atoms with Crippen LogP contribution in [0.1, 0.15) is 25.0 Å². The van der Waals surface area contributed by atoms with Crippen molar-refractivity contribution in [2.75, 3.05) is 26.2 Å². The number of likely N-dealkylation sites (N-methyl/N-ethyl adjacent to an activating group) is 1. The van der Waals surface area contributed by atoms with Gasteiger partial charge in [-0.2, -0.15) is 0 Å². The second-order valence-electron chi connectivity index (χ2n) is 6.25. The average Bonchev–Trinajstić information content (AvgIpc) is 2.72. The molecular formula is C21H29ClIN5O2. The second-order valence-corrected chi connectivity index (χ2v) is 6.64. The van der Waals surface area contributed by atoms with Crippen LogP contribution < -0.4 is 20.7 Å². The molecule has 1 heterocycles. The van der Waals surface area contributed by atoms with E-state index in [0.717, 1.165) is 36.6 Å². The van der Waals surface area contributed by atoms with E-state index in [1.54, 1.807) is 12.3 Å². The van der Waals surface area contributed by atoms with Gasteiger partial charge in [0.25, 0.3) is 5.91 Å². The summed E-state index contributed by atoms with van der Waals surface area (Å²) in [4.78, 5) is 20.2. The molecule has 0 aliphatic carbocycles. The zero-order chi connectivity index (χ0) is 20.9. The molecule has 1 aromatic carbocycles. The Bertz CT molecular complexity index is 802. The quantitative estimate of drug-likeness (QED) is 0.185. The third-order valence-corrected chi connectivity index (χ3v) is 4.12. The van der Waals surface area contributed by atoms with Crippen LogP contribution in [0.4, 0.5) is 0 Å². The number of aliphatic imine (C=N–C) groups is 1. The van der Waals surface area contributed by atoms with Gasteiger partial charge in [0.1, 0.15) is 10.9 Å². The molecule has 164 valence electrons. The monoisotopic (exact) mass is 545 g/mol. The first-order valence-electron chi connectivity index (χ1n) is 9.71. The summed E-state index contributed by atoms with van der Waals surface area (Å²) >= 11 is 5.81. The van der Waals surface area contributed by atoms with Crippen LogP contribution in [0.3, 0.4) is 0 Å². The summed E-state index contributed by atoms with van der Waals surface area (Å²) in [5.74, 6) is 1.26. The minimum Gasteiger partial charge on any atom is -0.484 e. The first kappa shape index (κ1) is 26.0. The van der Waals surface area contributed by atoms with Crippen molar-refractivity contribution in [2.24, 2.45) is 4.99 Å². The summed E-state index contributed by atoms with van der Waals surface area (Å²) in [6.07, 6.45) is 2.60. The number of rotatable bonds is 10. The zero-order valence-corrected chi connectivity index (χ0v) is 20.4. The second kappa shape index (κ2) is 14.8. The van der Waals surface area contributed by atoms with Crippen LogP contribution in [0.25, 0.3) is 0 Å². The molecule has 1 aromatic heterocycles. The molecule has 30 heavy (non-hydrogen) atoms. The number of pyridine rings is 1. The molecule has 0 fully saturated rings. The fourth-order valence-corrected chi connectivity index (χ4v) is 2.63. The number of hydrogen-bond donors (Lipinski definition) is 3. The number of nitrogens with zero attached hydrogens (tertiary/aromatic N) is 2.